The van der Waals surface area contributed by atoms with Crippen molar-refractivity contribution < 1.29 is 4.79 Å². The van der Waals surface area contributed by atoms with Gasteiger partial charge in [0.1, 0.15) is 0 Å². The highest BCUT2D eigenvalue weighted by molar-refractivity contribution is 5.87. The molecular formula is C14H19N3O. The lowest BCUT2D eigenvalue weighted by atomic mass is 10.1. The normalized spacial score (nSPS) is 13.4. The van der Waals surface area contributed by atoms with E-state index in [-0.39, 0.29) is 12.1 Å². The molecule has 4 nitrogen and oxygen atoms in total. The molecule has 1 rings (SSSR count). The number of benzene rings is 1. The Hall–Kier alpha value is -1.99. The molecule has 0 saturated heterocycles. The Morgan fingerprint density at radius 2 is 2.06 bits per heavy atom. The van der Waals surface area contributed by atoms with Gasteiger partial charge in [-0.1, -0.05) is 25.0 Å². The molecule has 0 spiro atoms. The fourth-order valence-electron chi connectivity index (χ4n) is 1.68. The van der Waals surface area contributed by atoms with Crippen molar-refractivity contribution >= 4 is 11.7 Å². The van der Waals surface area contributed by atoms with E-state index in [1.54, 1.807) is 0 Å². The number of urea groups is 1. The number of carbonyl (C=O) groups is 1. The maximum atomic E-state index is 10.7. The summed E-state index contributed by atoms with van der Waals surface area (Å²) in [6.07, 6.45) is 6.31. The van der Waals surface area contributed by atoms with E-state index in [1.807, 2.05) is 31.2 Å². The van der Waals surface area contributed by atoms with Gasteiger partial charge in [0.2, 0.25) is 0 Å². The summed E-state index contributed by atoms with van der Waals surface area (Å²) in [5.74, 6) is 2.71. The van der Waals surface area contributed by atoms with Crippen molar-refractivity contribution in [3.63, 3.8) is 0 Å². The van der Waals surface area contributed by atoms with Crippen molar-refractivity contribution in [2.45, 2.75) is 32.4 Å². The number of rotatable bonds is 5. The fourth-order valence-corrected chi connectivity index (χ4v) is 1.68. The molecule has 0 aliphatic carbocycles. The van der Waals surface area contributed by atoms with Crippen LogP contribution in [0.25, 0.3) is 0 Å². The third-order valence-electron chi connectivity index (χ3n) is 2.74. The van der Waals surface area contributed by atoms with Gasteiger partial charge in [-0.15, -0.1) is 6.42 Å². The lowest BCUT2D eigenvalue weighted by molar-refractivity contribution is 0.259. The molecular weight excluding hydrogens is 226 g/mol. The van der Waals surface area contributed by atoms with Gasteiger partial charge in [0.25, 0.3) is 0 Å². The van der Waals surface area contributed by atoms with Gasteiger partial charge in [-0.25, -0.2) is 4.79 Å². The summed E-state index contributed by atoms with van der Waals surface area (Å²) >= 11 is 0. The summed E-state index contributed by atoms with van der Waals surface area (Å²) < 4.78 is 0. The smallest absolute Gasteiger partial charge is 0.316 e. The van der Waals surface area contributed by atoms with Crippen LogP contribution in [0.1, 0.15) is 31.9 Å². The number of primary amides is 1. The largest absolute Gasteiger partial charge is 0.351 e. The molecule has 0 radical (unpaired) electrons. The molecule has 0 fully saturated rings. The van der Waals surface area contributed by atoms with E-state index >= 15 is 0 Å². The Morgan fingerprint density at radius 1 is 1.44 bits per heavy atom. The fraction of sp³-hybridized carbons (Fsp3) is 0.357. The second kappa shape index (κ2) is 6.67. The van der Waals surface area contributed by atoms with Crippen LogP contribution in [-0.4, -0.2) is 12.1 Å². The minimum absolute atomic E-state index is 0.0726. The van der Waals surface area contributed by atoms with Crippen molar-refractivity contribution in [3.8, 4) is 12.3 Å². The van der Waals surface area contributed by atoms with Crippen molar-refractivity contribution in [1.29, 1.82) is 0 Å². The molecule has 0 aliphatic heterocycles. The van der Waals surface area contributed by atoms with E-state index in [4.69, 9.17) is 12.2 Å². The summed E-state index contributed by atoms with van der Waals surface area (Å²) in [5, 5.41) is 5.86. The predicted molar refractivity (Wildman–Crippen MR) is 74.1 cm³/mol. The molecule has 2 unspecified atom stereocenters. The van der Waals surface area contributed by atoms with Crippen LogP contribution in [0.15, 0.2) is 24.3 Å². The van der Waals surface area contributed by atoms with E-state index in [2.05, 4.69) is 23.5 Å². The van der Waals surface area contributed by atoms with Gasteiger partial charge in [-0.05, 0) is 31.0 Å². The molecule has 0 heterocycles. The summed E-state index contributed by atoms with van der Waals surface area (Å²) in [6.45, 7) is 4.10. The van der Waals surface area contributed by atoms with E-state index in [0.717, 1.165) is 12.0 Å². The molecule has 2 atom stereocenters. The number of nitrogens with one attached hydrogen (secondary N) is 2. The predicted octanol–water partition coefficient (Wildman–Crippen LogP) is 2.24. The SMILES string of the molecule is C#CC(CC)NC(C)c1ccc(NC(N)=O)cc1. The molecule has 18 heavy (non-hydrogen) atoms. The van der Waals surface area contributed by atoms with Crippen LogP contribution in [0.5, 0.6) is 0 Å². The van der Waals surface area contributed by atoms with Crippen LogP contribution in [0, 0.1) is 12.3 Å². The minimum atomic E-state index is -0.563. The van der Waals surface area contributed by atoms with E-state index in [9.17, 15) is 4.79 Å². The number of nitrogens with two attached hydrogens (primary N) is 1. The minimum Gasteiger partial charge on any atom is -0.351 e. The van der Waals surface area contributed by atoms with Crippen LogP contribution in [-0.2, 0) is 0 Å². The zero-order chi connectivity index (χ0) is 13.5. The van der Waals surface area contributed by atoms with Gasteiger partial charge in [0.15, 0.2) is 0 Å². The van der Waals surface area contributed by atoms with Crippen LogP contribution in [0.2, 0.25) is 0 Å². The average molecular weight is 245 g/mol. The zero-order valence-electron chi connectivity index (χ0n) is 10.7. The Bertz CT molecular complexity index is 433. The van der Waals surface area contributed by atoms with Gasteiger partial charge in [0.05, 0.1) is 6.04 Å². The van der Waals surface area contributed by atoms with Crippen molar-refractivity contribution in [2.75, 3.05) is 5.32 Å². The quantitative estimate of drug-likeness (QED) is 0.696. The maximum Gasteiger partial charge on any atom is 0.316 e. The molecule has 2 amide bonds. The highest BCUT2D eigenvalue weighted by Crippen LogP contribution is 2.16. The molecule has 4 heteroatoms. The molecule has 0 saturated carbocycles. The highest BCUT2D eigenvalue weighted by Gasteiger charge is 2.09. The Kier molecular flexibility index (Phi) is 5.22. The van der Waals surface area contributed by atoms with Gasteiger partial charge in [-0.2, -0.15) is 0 Å². The number of carbonyl (C=O) groups excluding carboxylic acids is 1. The maximum absolute atomic E-state index is 10.7. The first-order chi connectivity index (χ1) is 8.56. The number of hydrogen-bond donors (Lipinski definition) is 3. The molecule has 1 aromatic rings. The first kappa shape index (κ1) is 14.1. The number of hydrogen-bond acceptors (Lipinski definition) is 2. The average Bonchev–Trinajstić information content (AvgIpc) is 2.35. The number of anilines is 1. The third kappa shape index (κ3) is 4.11. The van der Waals surface area contributed by atoms with Crippen LogP contribution < -0.4 is 16.4 Å². The molecule has 4 N–H and O–H groups in total. The lowest BCUT2D eigenvalue weighted by Crippen LogP contribution is -2.29. The van der Waals surface area contributed by atoms with E-state index < -0.39 is 6.03 Å². The second-order valence-corrected chi connectivity index (χ2v) is 4.13. The van der Waals surface area contributed by atoms with Gasteiger partial charge < -0.3 is 11.1 Å². The Labute approximate surface area is 108 Å². The monoisotopic (exact) mass is 245 g/mol. The molecule has 0 bridgehead atoms. The summed E-state index contributed by atoms with van der Waals surface area (Å²) in [5.41, 5.74) is 6.83. The van der Waals surface area contributed by atoms with Gasteiger partial charge >= 0.3 is 6.03 Å². The van der Waals surface area contributed by atoms with Crippen LogP contribution in [0.3, 0.4) is 0 Å². The Balaban J connectivity index is 2.67. The topological polar surface area (TPSA) is 67.2 Å². The van der Waals surface area contributed by atoms with Gasteiger partial charge in [0, 0.05) is 11.7 Å². The summed E-state index contributed by atoms with van der Waals surface area (Å²) in [7, 11) is 0. The van der Waals surface area contributed by atoms with Crippen molar-refractivity contribution in [1.82, 2.24) is 5.32 Å². The summed E-state index contributed by atoms with van der Waals surface area (Å²) in [4.78, 5) is 10.7. The molecule has 96 valence electrons. The molecule has 0 aliphatic rings. The molecule has 1 aromatic carbocycles. The third-order valence-corrected chi connectivity index (χ3v) is 2.74. The van der Waals surface area contributed by atoms with Crippen LogP contribution >= 0.6 is 0 Å². The highest BCUT2D eigenvalue weighted by atomic mass is 16.2. The first-order valence-corrected chi connectivity index (χ1v) is 5.95. The number of terminal acetylenes is 1. The van der Waals surface area contributed by atoms with Crippen molar-refractivity contribution in [3.05, 3.63) is 29.8 Å². The van der Waals surface area contributed by atoms with Crippen molar-refractivity contribution in [2.24, 2.45) is 5.73 Å². The van der Waals surface area contributed by atoms with Gasteiger partial charge in [-0.3, -0.25) is 5.32 Å². The zero-order valence-corrected chi connectivity index (χ0v) is 10.7. The second-order valence-electron chi connectivity index (χ2n) is 4.13. The van der Waals surface area contributed by atoms with Crippen LogP contribution in [0.4, 0.5) is 10.5 Å². The number of amides is 2. The first-order valence-electron chi connectivity index (χ1n) is 5.95. The van der Waals surface area contributed by atoms with E-state index in [0.29, 0.717) is 5.69 Å². The van der Waals surface area contributed by atoms with E-state index in [1.165, 1.54) is 0 Å². The standard InChI is InChI=1S/C14H19N3O/c1-4-12(5-2)16-10(3)11-6-8-13(9-7-11)17-14(15)18/h1,6-10,12,16H,5H2,2-3H3,(H3,15,17,18). The molecule has 0 aromatic heterocycles. The Morgan fingerprint density at radius 3 is 2.50 bits per heavy atom. The summed E-state index contributed by atoms with van der Waals surface area (Å²) in [6, 6.07) is 7.17. The lowest BCUT2D eigenvalue weighted by Gasteiger charge is -2.18.